The van der Waals surface area contributed by atoms with Crippen molar-refractivity contribution in [3.8, 4) is 0 Å². The van der Waals surface area contributed by atoms with E-state index in [0.717, 1.165) is 0 Å². The Bertz CT molecular complexity index is 1930. The van der Waals surface area contributed by atoms with Crippen LogP contribution in [0.25, 0.3) is 0 Å². The van der Waals surface area contributed by atoms with Crippen LogP contribution >= 0.6 is 15.9 Å². The number of imidazole rings is 1. The molecule has 5 amide bonds. The highest BCUT2D eigenvalue weighted by Gasteiger charge is 2.21. The van der Waals surface area contributed by atoms with E-state index in [9.17, 15) is 24.0 Å². The highest BCUT2D eigenvalue weighted by molar-refractivity contribution is 9.12. The number of nitrogens with two attached hydrogens (primary N) is 1. The van der Waals surface area contributed by atoms with Gasteiger partial charge < -0.3 is 51.4 Å². The maximum absolute atomic E-state index is 13.2. The van der Waals surface area contributed by atoms with E-state index in [1.54, 1.807) is 44.9 Å². The Labute approximate surface area is 276 Å². The predicted molar refractivity (Wildman–Crippen MR) is 179 cm³/mol. The zero-order valence-corrected chi connectivity index (χ0v) is 27.4. The number of H-pyrrole nitrogens is 2. The van der Waals surface area contributed by atoms with E-state index < -0.39 is 23.6 Å². The third-order valence-electron chi connectivity index (χ3n) is 6.86. The minimum absolute atomic E-state index is 0.0397. The van der Waals surface area contributed by atoms with Crippen molar-refractivity contribution in [3.63, 3.8) is 0 Å². The summed E-state index contributed by atoms with van der Waals surface area (Å²) in [5.41, 5.74) is 8.00. The van der Waals surface area contributed by atoms with Crippen LogP contribution in [0.4, 0.5) is 22.9 Å². The molecule has 4 aromatic heterocycles. The van der Waals surface area contributed by atoms with Crippen molar-refractivity contribution in [2.45, 2.75) is 20.3 Å². The van der Waals surface area contributed by atoms with Crippen molar-refractivity contribution < 1.29 is 24.0 Å². The van der Waals surface area contributed by atoms with E-state index in [0.29, 0.717) is 34.0 Å². The number of aryl methyl sites for hydroxylation is 3. The monoisotopic (exact) mass is 708 g/mol. The number of hydrogen-bond donors (Lipinski definition) is 9. The maximum atomic E-state index is 13.2. The fourth-order valence-electron chi connectivity index (χ4n) is 4.41. The number of nitrogens with one attached hydrogen (secondary N) is 8. The Balaban J connectivity index is 1.38. The number of carbonyl (C=O) groups excluding carboxylic acids is 5. The number of nitrogens with zero attached hydrogens (tertiary/aromatic N) is 3. The lowest BCUT2D eigenvalue weighted by atomic mass is 10.2. The molecule has 0 aliphatic heterocycles. The second kappa shape index (κ2) is 14.0. The lowest BCUT2D eigenvalue weighted by molar-refractivity contribution is -0.112. The van der Waals surface area contributed by atoms with Gasteiger partial charge in [-0.05, 0) is 41.9 Å². The van der Waals surface area contributed by atoms with E-state index in [-0.39, 0.29) is 52.2 Å². The SMILES string of the molecule is C=C(Br)C(=O)Nc1nc(C(=O)Nc2cc(C(=O)Nc3c[nH]c(C(=O)Nc4cc(C(=O)NCCC(=N)N)n(C)c4)c3C)n(C)c2)[nH]c1C. The molecule has 0 bridgehead atoms. The molecule has 0 unspecified atom stereocenters. The number of amides is 5. The van der Waals surface area contributed by atoms with Crippen molar-refractivity contribution in [2.75, 3.05) is 27.8 Å². The maximum Gasteiger partial charge on any atom is 0.291 e. The molecule has 0 radical (unpaired) electrons. The van der Waals surface area contributed by atoms with Crippen molar-refractivity contribution in [2.24, 2.45) is 19.8 Å². The van der Waals surface area contributed by atoms with Gasteiger partial charge >= 0.3 is 0 Å². The first-order chi connectivity index (χ1) is 22.1. The predicted octanol–water partition coefficient (Wildman–Crippen LogP) is 2.69. The summed E-state index contributed by atoms with van der Waals surface area (Å²) >= 11 is 2.99. The average Bonchev–Trinajstić information content (AvgIpc) is 3.75. The first-order valence-corrected chi connectivity index (χ1v) is 14.7. The average molecular weight is 710 g/mol. The topological polar surface area (TPSA) is 250 Å². The normalized spacial score (nSPS) is 10.7. The van der Waals surface area contributed by atoms with E-state index in [4.69, 9.17) is 11.1 Å². The number of aromatic nitrogens is 5. The van der Waals surface area contributed by atoms with Crippen molar-refractivity contribution in [3.05, 3.63) is 75.9 Å². The number of halogens is 1. The summed E-state index contributed by atoms with van der Waals surface area (Å²) in [6, 6.07) is 2.99. The van der Waals surface area contributed by atoms with Gasteiger partial charge in [0, 0.05) is 51.2 Å². The van der Waals surface area contributed by atoms with E-state index in [1.165, 1.54) is 22.9 Å². The van der Waals surface area contributed by atoms with Gasteiger partial charge in [0.15, 0.2) is 11.6 Å². The molecule has 0 saturated carbocycles. The zero-order chi connectivity index (χ0) is 34.6. The Morgan fingerprint density at radius 1 is 0.936 bits per heavy atom. The smallest absolute Gasteiger partial charge is 0.291 e. The van der Waals surface area contributed by atoms with Gasteiger partial charge in [-0.2, -0.15) is 0 Å². The number of anilines is 4. The Morgan fingerprint density at radius 2 is 1.53 bits per heavy atom. The molecule has 18 heteroatoms. The number of aromatic amines is 2. The minimum atomic E-state index is -0.597. The molecule has 0 saturated heterocycles. The molecule has 10 N–H and O–H groups in total. The number of hydrogen-bond acceptors (Lipinski definition) is 7. The third-order valence-corrected chi connectivity index (χ3v) is 7.22. The minimum Gasteiger partial charge on any atom is -0.388 e. The van der Waals surface area contributed by atoms with Crippen molar-refractivity contribution in [1.29, 1.82) is 5.41 Å². The van der Waals surface area contributed by atoms with E-state index in [1.807, 2.05) is 0 Å². The number of amidine groups is 1. The summed E-state index contributed by atoms with van der Waals surface area (Å²) in [7, 11) is 3.28. The van der Waals surface area contributed by atoms with Crippen LogP contribution in [0.3, 0.4) is 0 Å². The summed E-state index contributed by atoms with van der Waals surface area (Å²) < 4.78 is 3.17. The van der Waals surface area contributed by atoms with Crippen LogP contribution in [0.15, 0.2) is 41.8 Å². The van der Waals surface area contributed by atoms with Crippen LogP contribution in [0.5, 0.6) is 0 Å². The van der Waals surface area contributed by atoms with Crippen LogP contribution in [-0.2, 0) is 18.9 Å². The summed E-state index contributed by atoms with van der Waals surface area (Å²) in [5, 5.41) is 20.6. The molecular formula is C29H33BrN12O5. The van der Waals surface area contributed by atoms with Crippen LogP contribution in [0.2, 0.25) is 0 Å². The van der Waals surface area contributed by atoms with Gasteiger partial charge in [0.05, 0.1) is 33.1 Å². The van der Waals surface area contributed by atoms with Crippen LogP contribution in [0, 0.1) is 19.3 Å². The Morgan fingerprint density at radius 3 is 2.13 bits per heavy atom. The van der Waals surface area contributed by atoms with Gasteiger partial charge in [-0.1, -0.05) is 6.58 Å². The van der Waals surface area contributed by atoms with Gasteiger partial charge in [0.1, 0.15) is 17.1 Å². The summed E-state index contributed by atoms with van der Waals surface area (Å²) in [5.74, 6) is -2.41. The number of rotatable bonds is 12. The highest BCUT2D eigenvalue weighted by atomic mass is 79.9. The van der Waals surface area contributed by atoms with Crippen molar-refractivity contribution in [1.82, 2.24) is 29.4 Å². The molecule has 47 heavy (non-hydrogen) atoms. The Hall–Kier alpha value is -5.91. The standard InChI is InChI=1S/C29H33BrN12O5/c1-13-18(10-34-22(13)28(46)36-16-8-19(41(4)11-16)26(44)33-7-6-21(31)32)38-27(45)20-9-17(12-42(20)5)37-29(47)24-35-15(3)23(39-24)40-25(43)14(2)30/h8-12,34H,2,6-7H2,1,3-5H3,(H3,31,32)(H,33,44)(H,35,39)(H,36,46)(H,37,47)(H,38,45)(H,40,43). The largest absolute Gasteiger partial charge is 0.388 e. The molecule has 0 aliphatic carbocycles. The molecule has 4 rings (SSSR count). The molecule has 0 fully saturated rings. The highest BCUT2D eigenvalue weighted by Crippen LogP contribution is 2.23. The molecule has 0 atom stereocenters. The molecule has 17 nitrogen and oxygen atoms in total. The summed E-state index contributed by atoms with van der Waals surface area (Å²) in [4.78, 5) is 73.1. The third kappa shape index (κ3) is 8.03. The quantitative estimate of drug-likeness (QED) is 0.0604. The van der Waals surface area contributed by atoms with Crippen molar-refractivity contribution >= 4 is 74.2 Å². The molecule has 0 aromatic carbocycles. The molecule has 0 aliphatic rings. The second-order valence-electron chi connectivity index (χ2n) is 10.5. The van der Waals surface area contributed by atoms with Crippen LogP contribution in [-0.4, -0.2) is 66.0 Å². The lowest BCUT2D eigenvalue weighted by Gasteiger charge is -2.06. The first kappa shape index (κ1) is 34.0. The van der Waals surface area contributed by atoms with E-state index >= 15 is 0 Å². The molecule has 0 spiro atoms. The summed E-state index contributed by atoms with van der Waals surface area (Å²) in [6.07, 6.45) is 4.82. The molecule has 4 heterocycles. The fourth-order valence-corrected chi connectivity index (χ4v) is 4.51. The number of carbonyl (C=O) groups is 5. The van der Waals surface area contributed by atoms with Gasteiger partial charge in [-0.15, -0.1) is 0 Å². The van der Waals surface area contributed by atoms with E-state index in [2.05, 4.69) is 64.0 Å². The second-order valence-corrected chi connectivity index (χ2v) is 11.4. The first-order valence-electron chi connectivity index (χ1n) is 13.9. The summed E-state index contributed by atoms with van der Waals surface area (Å²) in [6.45, 7) is 6.99. The molecule has 246 valence electrons. The molecular weight excluding hydrogens is 676 g/mol. The Kier molecular flexibility index (Phi) is 10.1. The van der Waals surface area contributed by atoms with Gasteiger partial charge in [0.25, 0.3) is 29.5 Å². The van der Waals surface area contributed by atoms with Crippen LogP contribution in [0.1, 0.15) is 59.8 Å². The zero-order valence-electron chi connectivity index (χ0n) is 25.8. The fraction of sp³-hybridized carbons (Fsp3) is 0.207. The van der Waals surface area contributed by atoms with Crippen LogP contribution < -0.4 is 32.3 Å². The van der Waals surface area contributed by atoms with Gasteiger partial charge in [0.2, 0.25) is 0 Å². The molecule has 4 aromatic rings. The lowest BCUT2D eigenvalue weighted by Crippen LogP contribution is -2.28. The van der Waals surface area contributed by atoms with Gasteiger partial charge in [-0.25, -0.2) is 4.98 Å². The van der Waals surface area contributed by atoms with Gasteiger partial charge in [-0.3, -0.25) is 29.4 Å².